The molecule has 0 aliphatic carbocycles. The Kier molecular flexibility index (Phi) is 10.7. The Bertz CT molecular complexity index is 410. The van der Waals surface area contributed by atoms with Crippen molar-refractivity contribution < 1.29 is 8.62 Å². The molecule has 1 aliphatic rings. The zero-order valence-corrected chi connectivity index (χ0v) is 15.6. The van der Waals surface area contributed by atoms with Crippen molar-refractivity contribution in [3.63, 3.8) is 0 Å². The van der Waals surface area contributed by atoms with Crippen LogP contribution in [0, 0.1) is 5.92 Å². The Balaban J connectivity index is 0.00000264. The van der Waals surface area contributed by atoms with Crippen LogP contribution in [0.25, 0.3) is 0 Å². The summed E-state index contributed by atoms with van der Waals surface area (Å²) in [4.78, 5) is 3.24. The molecule has 1 saturated heterocycles. The molecule has 0 radical (unpaired) electrons. The van der Waals surface area contributed by atoms with E-state index < -0.39 is 0 Å². The molecule has 0 atom stereocenters. The molecular weight excluding hydrogens is 333 g/mol. The third kappa shape index (κ3) is 7.77. The zero-order valence-electron chi connectivity index (χ0n) is 14.0. The van der Waals surface area contributed by atoms with Gasteiger partial charge in [-0.25, -0.2) is 0 Å². The molecule has 1 heterocycles. The number of hydrogen-bond donors (Lipinski definition) is 0. The lowest BCUT2D eigenvalue weighted by molar-refractivity contribution is 0.161. The van der Waals surface area contributed by atoms with Crippen LogP contribution in [0.15, 0.2) is 29.2 Å². The van der Waals surface area contributed by atoms with Gasteiger partial charge in [0.15, 0.2) is 0 Å². The predicted octanol–water partition coefficient (Wildman–Crippen LogP) is 5.76. The van der Waals surface area contributed by atoms with Gasteiger partial charge in [-0.15, -0.1) is 12.4 Å². The molecule has 0 spiro atoms. The van der Waals surface area contributed by atoms with Crippen LogP contribution in [-0.2, 0) is 0 Å². The summed E-state index contributed by atoms with van der Waals surface area (Å²) in [5.41, 5.74) is 0. The third-order valence-corrected chi connectivity index (χ3v) is 4.94. The normalized spacial score (nSPS) is 16.1. The van der Waals surface area contributed by atoms with E-state index in [1.54, 1.807) is 12.1 Å². The maximum absolute atomic E-state index is 12.4. The molecule has 0 saturated carbocycles. The van der Waals surface area contributed by atoms with Gasteiger partial charge in [0.1, 0.15) is 5.75 Å². The second kappa shape index (κ2) is 12.0. The second-order valence-electron chi connectivity index (χ2n) is 6.18. The molecule has 5 heteroatoms. The lowest BCUT2D eigenvalue weighted by Crippen LogP contribution is -2.34. The van der Waals surface area contributed by atoms with Gasteiger partial charge in [-0.3, -0.25) is 0 Å². The van der Waals surface area contributed by atoms with Crippen molar-refractivity contribution in [3.8, 4) is 5.75 Å². The Morgan fingerprint density at radius 2 is 1.87 bits per heavy atom. The van der Waals surface area contributed by atoms with E-state index in [4.69, 9.17) is 4.74 Å². The van der Waals surface area contributed by atoms with Crippen LogP contribution in [0.1, 0.15) is 45.4 Å². The first-order valence-electron chi connectivity index (χ1n) is 8.55. The lowest BCUT2D eigenvalue weighted by Gasteiger charge is -2.31. The number of hydrogen-bond acceptors (Lipinski definition) is 3. The number of benzene rings is 1. The number of ether oxygens (including phenoxy) is 1. The number of nitrogens with zero attached hydrogens (tertiary/aromatic N) is 1. The summed E-state index contributed by atoms with van der Waals surface area (Å²) in [7, 11) is 0. The molecule has 0 unspecified atom stereocenters. The minimum Gasteiger partial charge on any atom is -0.494 e. The fourth-order valence-electron chi connectivity index (χ4n) is 3.01. The summed E-state index contributed by atoms with van der Waals surface area (Å²) in [5, 5.41) is 0. The Morgan fingerprint density at radius 3 is 2.48 bits per heavy atom. The number of halogens is 2. The van der Waals surface area contributed by atoms with Gasteiger partial charge in [-0.05, 0) is 75.5 Å². The summed E-state index contributed by atoms with van der Waals surface area (Å²) in [6.07, 6.45) is 7.73. The topological polar surface area (TPSA) is 12.5 Å². The summed E-state index contributed by atoms with van der Waals surface area (Å²) in [6.45, 7) is 6.79. The summed E-state index contributed by atoms with van der Waals surface area (Å²) < 4.78 is 18.1. The highest BCUT2D eigenvalue weighted by molar-refractivity contribution is 7.94. The monoisotopic (exact) mass is 361 g/mol. The Labute approximate surface area is 150 Å². The molecule has 0 amide bonds. The van der Waals surface area contributed by atoms with Crippen LogP contribution < -0.4 is 4.74 Å². The van der Waals surface area contributed by atoms with Crippen LogP contribution >= 0.6 is 24.6 Å². The van der Waals surface area contributed by atoms with Crippen LogP contribution in [0.5, 0.6) is 5.75 Å². The fourth-order valence-corrected chi connectivity index (χ4v) is 3.25. The summed E-state index contributed by atoms with van der Waals surface area (Å²) in [5.74, 6) is 1.64. The largest absolute Gasteiger partial charge is 0.494 e. The molecular formula is C18H29ClFNOS. The quantitative estimate of drug-likeness (QED) is 0.519. The van der Waals surface area contributed by atoms with Gasteiger partial charge in [0.25, 0.3) is 0 Å². The average Bonchev–Trinajstić information content (AvgIpc) is 2.57. The maximum Gasteiger partial charge on any atom is 0.119 e. The van der Waals surface area contributed by atoms with Gasteiger partial charge in [0, 0.05) is 4.90 Å². The van der Waals surface area contributed by atoms with E-state index in [0.717, 1.165) is 24.7 Å². The van der Waals surface area contributed by atoms with E-state index in [-0.39, 0.29) is 24.6 Å². The predicted molar refractivity (Wildman–Crippen MR) is 99.5 cm³/mol. The number of piperidine rings is 1. The van der Waals surface area contributed by atoms with Crippen molar-refractivity contribution in [2.75, 3.05) is 26.2 Å². The molecule has 2 nitrogen and oxygen atoms in total. The third-order valence-electron chi connectivity index (χ3n) is 4.49. The van der Waals surface area contributed by atoms with Crippen LogP contribution in [0.2, 0.25) is 0 Å². The smallest absolute Gasteiger partial charge is 0.119 e. The zero-order chi connectivity index (χ0) is 15.6. The fraction of sp³-hybridized carbons (Fsp3) is 0.667. The molecule has 2 rings (SSSR count). The van der Waals surface area contributed by atoms with Gasteiger partial charge in [0.2, 0.25) is 0 Å². The van der Waals surface area contributed by atoms with Gasteiger partial charge >= 0.3 is 0 Å². The first-order chi connectivity index (χ1) is 10.8. The van der Waals surface area contributed by atoms with E-state index in [9.17, 15) is 3.89 Å². The molecule has 132 valence electrons. The molecule has 0 N–H and O–H groups in total. The van der Waals surface area contributed by atoms with Crippen molar-refractivity contribution in [1.29, 1.82) is 0 Å². The van der Waals surface area contributed by atoms with Crippen LogP contribution in [0.4, 0.5) is 3.89 Å². The highest BCUT2D eigenvalue weighted by Crippen LogP contribution is 2.24. The molecule has 1 fully saturated rings. The van der Waals surface area contributed by atoms with Gasteiger partial charge in [-0.1, -0.05) is 19.8 Å². The summed E-state index contributed by atoms with van der Waals surface area (Å²) in [6, 6.07) is 7.21. The molecule has 0 bridgehead atoms. The number of unbranched alkanes of at least 4 members (excludes halogenated alkanes) is 2. The minimum absolute atomic E-state index is 0. The molecule has 1 aliphatic heterocycles. The standard InChI is InChI=1S/C18H28FNOS.ClH/c1-2-3-4-12-20-13-9-16(10-14-20)11-15-21-17-5-7-18(22-19)8-6-17;/h5-8,16H,2-4,9-15H2,1H3;1H. The summed E-state index contributed by atoms with van der Waals surface area (Å²) >= 11 is 0.271. The van der Waals surface area contributed by atoms with E-state index in [1.807, 2.05) is 12.1 Å². The van der Waals surface area contributed by atoms with Crippen LogP contribution in [0.3, 0.4) is 0 Å². The van der Waals surface area contributed by atoms with Crippen LogP contribution in [-0.4, -0.2) is 31.1 Å². The Morgan fingerprint density at radius 1 is 1.17 bits per heavy atom. The van der Waals surface area contributed by atoms with Crippen molar-refractivity contribution in [2.45, 2.75) is 50.3 Å². The van der Waals surface area contributed by atoms with Crippen molar-refractivity contribution >= 4 is 24.6 Å². The van der Waals surface area contributed by atoms with Gasteiger partial charge in [0.05, 0.1) is 18.8 Å². The van der Waals surface area contributed by atoms with E-state index >= 15 is 0 Å². The first kappa shape index (κ1) is 20.6. The van der Waals surface area contributed by atoms with Crippen molar-refractivity contribution in [1.82, 2.24) is 4.90 Å². The van der Waals surface area contributed by atoms with Crippen molar-refractivity contribution in [3.05, 3.63) is 24.3 Å². The number of rotatable bonds is 9. The van der Waals surface area contributed by atoms with Gasteiger partial charge < -0.3 is 9.64 Å². The molecule has 1 aromatic carbocycles. The average molecular weight is 362 g/mol. The van der Waals surface area contributed by atoms with E-state index in [2.05, 4.69) is 11.8 Å². The molecule has 1 aromatic rings. The van der Waals surface area contributed by atoms with Gasteiger partial charge in [-0.2, -0.15) is 3.89 Å². The maximum atomic E-state index is 12.4. The van der Waals surface area contributed by atoms with Crippen molar-refractivity contribution in [2.24, 2.45) is 5.92 Å². The molecule has 0 aromatic heterocycles. The van der Waals surface area contributed by atoms with E-state index in [0.29, 0.717) is 4.90 Å². The SMILES string of the molecule is CCCCCN1CCC(CCOc2ccc(SF)cc2)CC1.Cl. The highest BCUT2D eigenvalue weighted by atomic mass is 35.5. The first-order valence-corrected chi connectivity index (χ1v) is 9.27. The van der Waals surface area contributed by atoms with E-state index in [1.165, 1.54) is 51.7 Å². The lowest BCUT2D eigenvalue weighted by atomic mass is 9.94. The molecule has 23 heavy (non-hydrogen) atoms. The Hall–Kier alpha value is -0.450. The number of likely N-dealkylation sites (tertiary alicyclic amines) is 1. The second-order valence-corrected chi connectivity index (χ2v) is 6.80. The highest BCUT2D eigenvalue weighted by Gasteiger charge is 2.18. The minimum atomic E-state index is 0.